The van der Waals surface area contributed by atoms with Gasteiger partial charge in [-0.3, -0.25) is 4.57 Å². The van der Waals surface area contributed by atoms with Crippen molar-refractivity contribution in [3.05, 3.63) is 48.0 Å². The Labute approximate surface area is 149 Å². The van der Waals surface area contributed by atoms with Gasteiger partial charge in [0, 0.05) is 5.56 Å². The van der Waals surface area contributed by atoms with Crippen molar-refractivity contribution in [2.45, 2.75) is 6.18 Å². The molecule has 0 atom stereocenters. The van der Waals surface area contributed by atoms with Gasteiger partial charge in [-0.15, -0.1) is 9.78 Å². The van der Waals surface area contributed by atoms with E-state index in [0.717, 1.165) is 11.3 Å². The highest BCUT2D eigenvalue weighted by molar-refractivity contribution is 6.16. The van der Waals surface area contributed by atoms with Gasteiger partial charge in [0.2, 0.25) is 17.7 Å². The zero-order valence-corrected chi connectivity index (χ0v) is 13.3. The maximum Gasteiger partial charge on any atom is 0.438 e. The number of aliphatic imine (C=N–C) groups is 1. The first-order valence-corrected chi connectivity index (χ1v) is 7.68. The molecule has 0 fully saturated rings. The summed E-state index contributed by atoms with van der Waals surface area (Å²) in [6.07, 6.45) is -0.356. The highest BCUT2D eigenvalue weighted by atomic mass is 19.4. The van der Waals surface area contributed by atoms with Crippen LogP contribution in [0.2, 0.25) is 0 Å². The van der Waals surface area contributed by atoms with E-state index >= 15 is 0 Å². The Balaban J connectivity index is 1.69. The number of hydrazine groups is 1. The topological polar surface area (TPSA) is 91.2 Å². The molecule has 0 amide bonds. The third-order valence-electron chi connectivity index (χ3n) is 4.30. The van der Waals surface area contributed by atoms with Crippen LogP contribution >= 0.6 is 0 Å². The van der Waals surface area contributed by atoms with Crippen molar-refractivity contribution < 1.29 is 13.2 Å². The average molecular weight is 371 g/mol. The van der Waals surface area contributed by atoms with Gasteiger partial charge in [-0.1, -0.05) is 12.1 Å². The Morgan fingerprint density at radius 3 is 2.78 bits per heavy atom. The van der Waals surface area contributed by atoms with Gasteiger partial charge >= 0.3 is 6.18 Å². The molecule has 27 heavy (non-hydrogen) atoms. The molecule has 134 valence electrons. The molecule has 0 saturated carbocycles. The Morgan fingerprint density at radius 2 is 2.00 bits per heavy atom. The van der Waals surface area contributed by atoms with Crippen LogP contribution in [0.5, 0.6) is 0 Å². The van der Waals surface area contributed by atoms with Crippen LogP contribution in [0.25, 0.3) is 5.69 Å². The number of hydrogen-bond acceptors (Lipinski definition) is 7. The van der Waals surface area contributed by atoms with Crippen LogP contribution in [-0.2, 0) is 6.18 Å². The van der Waals surface area contributed by atoms with E-state index in [9.17, 15) is 13.2 Å². The minimum atomic E-state index is -4.81. The Hall–Kier alpha value is -3.88. The van der Waals surface area contributed by atoms with Crippen molar-refractivity contribution in [1.82, 2.24) is 24.5 Å². The predicted molar refractivity (Wildman–Crippen MR) is 86.0 cm³/mol. The van der Waals surface area contributed by atoms with E-state index in [-0.39, 0.29) is 11.4 Å². The van der Waals surface area contributed by atoms with E-state index in [1.807, 2.05) is 24.3 Å². The molecule has 0 aliphatic carbocycles. The number of benzene rings is 1. The molecule has 0 spiro atoms. The molecule has 0 saturated heterocycles. The summed E-state index contributed by atoms with van der Waals surface area (Å²) in [5.41, 5.74) is 0.302. The lowest BCUT2D eigenvalue weighted by molar-refractivity contribution is -0.142. The number of nitriles is 1. The summed E-state index contributed by atoms with van der Waals surface area (Å²) in [6.45, 7) is -0.109. The van der Waals surface area contributed by atoms with Crippen LogP contribution in [0.15, 0.2) is 41.8 Å². The van der Waals surface area contributed by atoms with Gasteiger partial charge in [-0.25, -0.2) is 20.0 Å². The second kappa shape index (κ2) is 5.07. The van der Waals surface area contributed by atoms with Gasteiger partial charge in [-0.05, 0) is 17.3 Å². The summed E-state index contributed by atoms with van der Waals surface area (Å²) in [6, 6.07) is 7.36. The van der Waals surface area contributed by atoms with Gasteiger partial charge in [0.1, 0.15) is 13.0 Å². The molecule has 0 unspecified atom stereocenters. The Kier molecular flexibility index (Phi) is 2.89. The summed E-state index contributed by atoms with van der Waals surface area (Å²) in [5, 5.41) is 18.6. The molecule has 0 bridgehead atoms. The minimum absolute atomic E-state index is 0.109. The lowest BCUT2D eigenvalue weighted by Crippen LogP contribution is -2.46. The first-order chi connectivity index (χ1) is 13.0. The van der Waals surface area contributed by atoms with Crippen LogP contribution in [0.4, 0.5) is 24.8 Å². The van der Waals surface area contributed by atoms with E-state index in [2.05, 4.69) is 20.3 Å². The van der Waals surface area contributed by atoms with Gasteiger partial charge in [0.05, 0.1) is 11.9 Å². The van der Waals surface area contributed by atoms with Crippen molar-refractivity contribution in [3.63, 3.8) is 0 Å². The number of imidazole rings is 1. The zero-order chi connectivity index (χ0) is 18.8. The second-order valence-corrected chi connectivity index (χ2v) is 5.74. The number of amidine groups is 1. The molecular formula is C15H8F3N9. The fourth-order valence-electron chi connectivity index (χ4n) is 3.24. The molecule has 1 aromatic carbocycles. The number of anilines is 2. The first-order valence-electron chi connectivity index (χ1n) is 7.68. The maximum atomic E-state index is 13.5. The number of halogens is 3. The van der Waals surface area contributed by atoms with Crippen molar-refractivity contribution in [2.75, 3.05) is 16.7 Å². The van der Waals surface area contributed by atoms with Crippen LogP contribution in [0, 0.1) is 11.5 Å². The van der Waals surface area contributed by atoms with E-state index in [1.165, 1.54) is 22.4 Å². The van der Waals surface area contributed by atoms with Crippen LogP contribution in [0.1, 0.15) is 11.3 Å². The summed E-state index contributed by atoms with van der Waals surface area (Å²) in [5.74, 6) is 0.470. The summed E-state index contributed by atoms with van der Waals surface area (Å²) in [4.78, 5) is 8.50. The largest absolute Gasteiger partial charge is 0.438 e. The number of alkyl halides is 3. The monoisotopic (exact) mass is 371 g/mol. The number of fused-ring (bicyclic) bond motifs is 6. The van der Waals surface area contributed by atoms with Gasteiger partial charge in [-0.2, -0.15) is 18.4 Å². The molecular weight excluding hydrogens is 363 g/mol. The van der Waals surface area contributed by atoms with Gasteiger partial charge in [0.25, 0.3) is 0 Å². The van der Waals surface area contributed by atoms with E-state index in [1.54, 1.807) is 10.9 Å². The number of nitrogens with zero attached hydrogens (tertiary/aromatic N) is 9. The van der Waals surface area contributed by atoms with E-state index in [4.69, 9.17) is 5.26 Å². The summed E-state index contributed by atoms with van der Waals surface area (Å²) in [7, 11) is 0. The minimum Gasteiger partial charge on any atom is -0.283 e. The number of para-hydroxylation sites is 1. The molecule has 9 nitrogen and oxygen atoms in total. The first kappa shape index (κ1) is 15.4. The van der Waals surface area contributed by atoms with Crippen LogP contribution in [0.3, 0.4) is 0 Å². The van der Waals surface area contributed by atoms with Gasteiger partial charge in [0.15, 0.2) is 11.7 Å². The lowest BCUT2D eigenvalue weighted by atomic mass is 10.1. The number of aromatic nitrogens is 5. The third kappa shape index (κ3) is 1.99. The summed E-state index contributed by atoms with van der Waals surface area (Å²) >= 11 is 0. The van der Waals surface area contributed by atoms with Crippen LogP contribution in [-0.4, -0.2) is 37.0 Å². The zero-order valence-electron chi connectivity index (χ0n) is 13.3. The highest BCUT2D eigenvalue weighted by Crippen LogP contribution is 2.40. The molecule has 5 rings (SSSR count). The highest BCUT2D eigenvalue weighted by Gasteiger charge is 2.45. The molecule has 0 radical (unpaired) electrons. The molecule has 2 aliphatic heterocycles. The number of hydrogen-bond donors (Lipinski definition) is 0. The Bertz CT molecular complexity index is 1130. The van der Waals surface area contributed by atoms with E-state index in [0.29, 0.717) is 11.7 Å². The quantitative estimate of drug-likeness (QED) is 0.648. The Morgan fingerprint density at radius 1 is 1.19 bits per heavy atom. The number of rotatable bonds is 1. The predicted octanol–water partition coefficient (Wildman–Crippen LogP) is 1.77. The maximum absolute atomic E-state index is 13.5. The molecule has 0 N–H and O–H groups in total. The van der Waals surface area contributed by atoms with Crippen molar-refractivity contribution in [3.8, 4) is 11.9 Å². The summed E-state index contributed by atoms with van der Waals surface area (Å²) < 4.78 is 42.5. The van der Waals surface area contributed by atoms with Crippen molar-refractivity contribution in [2.24, 2.45) is 4.99 Å². The fraction of sp³-hybridized carbons (Fsp3) is 0.133. The molecule has 3 aromatic rings. The van der Waals surface area contributed by atoms with Gasteiger partial charge < -0.3 is 0 Å². The molecule has 2 aliphatic rings. The second-order valence-electron chi connectivity index (χ2n) is 5.74. The van der Waals surface area contributed by atoms with Crippen LogP contribution < -0.4 is 10.0 Å². The third-order valence-corrected chi connectivity index (χ3v) is 4.30. The smallest absolute Gasteiger partial charge is 0.283 e. The standard InChI is InChI=1S/C15H8F3N9/c16-15(17,18)12-14(22-23-25(12)6-19)26-8-21-13-9-3-1-2-4-10(9)24-7-20-5-11(24)27(13)26/h1-5,7H,8H2. The molecule has 4 heterocycles. The van der Waals surface area contributed by atoms with Crippen molar-refractivity contribution >= 4 is 17.5 Å². The molecule has 2 aromatic heterocycles. The molecule has 12 heteroatoms. The van der Waals surface area contributed by atoms with E-state index < -0.39 is 17.7 Å². The fourth-order valence-corrected chi connectivity index (χ4v) is 3.24. The SMILES string of the molecule is N#Cn1nnc(N2CN=C3c4ccccc4-n4cncc4N32)c1C(F)(F)F. The van der Waals surface area contributed by atoms with Crippen molar-refractivity contribution in [1.29, 1.82) is 5.26 Å². The normalized spacial score (nSPS) is 15.1. The average Bonchev–Trinajstić information content (AvgIpc) is 3.36. The lowest BCUT2D eigenvalue weighted by Gasteiger charge is -2.34.